The van der Waals surface area contributed by atoms with Crippen molar-refractivity contribution in [2.75, 3.05) is 7.11 Å². The highest BCUT2D eigenvalue weighted by Gasteiger charge is 2.22. The lowest BCUT2D eigenvalue weighted by molar-refractivity contribution is -0.143. The largest absolute Gasteiger partial charge is 0.509 e. The lowest BCUT2D eigenvalue weighted by atomic mass is 10.2. The van der Waals surface area contributed by atoms with Crippen molar-refractivity contribution in [1.29, 1.82) is 0 Å². The molecule has 1 atom stereocenters. The zero-order valence-electron chi connectivity index (χ0n) is 10.8. The molecule has 0 aromatic carbocycles. The first kappa shape index (κ1) is 15.5. The lowest BCUT2D eigenvalue weighted by Gasteiger charge is -2.21. The van der Waals surface area contributed by atoms with E-state index in [9.17, 15) is 9.59 Å². The fraction of sp³-hybridized carbons (Fsp3) is 0.667. The van der Waals surface area contributed by atoms with Crippen LogP contribution in [0.2, 0.25) is 0 Å². The van der Waals surface area contributed by atoms with Gasteiger partial charge in [0.1, 0.15) is 11.7 Å². The first-order chi connectivity index (χ1) is 7.78. The van der Waals surface area contributed by atoms with Crippen LogP contribution >= 0.6 is 0 Å². The van der Waals surface area contributed by atoms with Crippen molar-refractivity contribution in [3.05, 3.63) is 12.7 Å². The zero-order valence-corrected chi connectivity index (χ0v) is 10.8. The molecular formula is C12H20O5. The summed E-state index contributed by atoms with van der Waals surface area (Å²) in [5.74, 6) is -0.444. The van der Waals surface area contributed by atoms with Crippen LogP contribution in [0.3, 0.4) is 0 Å². The number of hydrogen-bond donors (Lipinski definition) is 0. The van der Waals surface area contributed by atoms with Gasteiger partial charge in [0.15, 0.2) is 0 Å². The van der Waals surface area contributed by atoms with Crippen LogP contribution in [-0.4, -0.2) is 30.9 Å². The van der Waals surface area contributed by atoms with Gasteiger partial charge in [0.25, 0.3) is 0 Å². The van der Waals surface area contributed by atoms with Crippen molar-refractivity contribution in [3.8, 4) is 0 Å². The molecule has 0 heterocycles. The molecule has 0 N–H and O–H groups in total. The van der Waals surface area contributed by atoms with E-state index in [1.54, 1.807) is 26.8 Å². The average molecular weight is 244 g/mol. The number of hydrogen-bond acceptors (Lipinski definition) is 5. The predicted molar refractivity (Wildman–Crippen MR) is 62.6 cm³/mol. The van der Waals surface area contributed by atoms with Crippen LogP contribution in [0.1, 0.15) is 33.6 Å². The minimum absolute atomic E-state index is 0.0121. The van der Waals surface area contributed by atoms with Gasteiger partial charge in [-0.05, 0) is 20.8 Å². The second kappa shape index (κ2) is 6.93. The van der Waals surface area contributed by atoms with Gasteiger partial charge in [0.2, 0.25) is 0 Å². The molecule has 0 aliphatic rings. The van der Waals surface area contributed by atoms with E-state index in [1.165, 1.54) is 7.11 Å². The Labute approximate surface area is 102 Å². The van der Waals surface area contributed by atoms with Gasteiger partial charge in [0, 0.05) is 6.42 Å². The minimum atomic E-state index is -0.798. The molecule has 0 radical (unpaired) electrons. The monoisotopic (exact) mass is 244 g/mol. The second-order valence-corrected chi connectivity index (χ2v) is 4.51. The maximum Gasteiger partial charge on any atom is 0.509 e. The zero-order chi connectivity index (χ0) is 13.5. The van der Waals surface area contributed by atoms with E-state index in [1.807, 2.05) is 0 Å². The number of methoxy groups -OCH3 is 1. The molecule has 0 saturated heterocycles. The molecule has 17 heavy (non-hydrogen) atoms. The third-order valence-corrected chi connectivity index (χ3v) is 1.70. The maximum absolute atomic E-state index is 11.4. The Hall–Kier alpha value is -1.52. The summed E-state index contributed by atoms with van der Waals surface area (Å²) in [5, 5.41) is 0. The Morgan fingerprint density at radius 1 is 1.35 bits per heavy atom. The van der Waals surface area contributed by atoms with Gasteiger partial charge < -0.3 is 14.2 Å². The highest BCUT2D eigenvalue weighted by molar-refractivity contribution is 5.70. The fourth-order valence-corrected chi connectivity index (χ4v) is 1.04. The molecule has 0 aromatic rings. The van der Waals surface area contributed by atoms with Crippen LogP contribution in [0.5, 0.6) is 0 Å². The number of ether oxygens (including phenoxy) is 3. The quantitative estimate of drug-likeness (QED) is 0.549. The molecule has 0 aromatic heterocycles. The predicted octanol–water partition coefficient (Wildman–Crippen LogP) is 2.45. The molecule has 0 saturated carbocycles. The topological polar surface area (TPSA) is 61.8 Å². The van der Waals surface area contributed by atoms with Gasteiger partial charge in [-0.2, -0.15) is 0 Å². The number of carbonyl (C=O) groups is 2. The van der Waals surface area contributed by atoms with Crippen LogP contribution in [0.25, 0.3) is 0 Å². The van der Waals surface area contributed by atoms with Crippen LogP contribution in [0.4, 0.5) is 4.79 Å². The third kappa shape index (κ3) is 8.30. The van der Waals surface area contributed by atoms with E-state index >= 15 is 0 Å². The maximum atomic E-state index is 11.4. The molecule has 0 fully saturated rings. The summed E-state index contributed by atoms with van der Waals surface area (Å²) in [7, 11) is 1.28. The smallest absolute Gasteiger partial charge is 0.469 e. The van der Waals surface area contributed by atoms with Crippen molar-refractivity contribution < 1.29 is 23.8 Å². The van der Waals surface area contributed by atoms with E-state index in [4.69, 9.17) is 9.47 Å². The molecule has 1 unspecified atom stereocenters. The Morgan fingerprint density at radius 3 is 2.35 bits per heavy atom. The first-order valence-electron chi connectivity index (χ1n) is 5.36. The Kier molecular flexibility index (Phi) is 6.31. The number of rotatable bonds is 5. The van der Waals surface area contributed by atoms with Gasteiger partial charge in [-0.1, -0.05) is 6.08 Å². The molecule has 5 nitrogen and oxygen atoms in total. The Bertz CT molecular complexity index is 277. The Balaban J connectivity index is 4.29. The molecule has 0 aliphatic heterocycles. The molecule has 0 bridgehead atoms. The van der Waals surface area contributed by atoms with Crippen molar-refractivity contribution in [3.63, 3.8) is 0 Å². The summed E-state index contributed by atoms with van der Waals surface area (Å²) >= 11 is 0. The van der Waals surface area contributed by atoms with Crippen LogP contribution < -0.4 is 0 Å². The molecule has 0 aliphatic carbocycles. The average Bonchev–Trinajstić information content (AvgIpc) is 2.14. The summed E-state index contributed by atoms with van der Waals surface area (Å²) in [6.45, 7) is 8.73. The summed E-state index contributed by atoms with van der Waals surface area (Å²) in [6, 6.07) is 0. The minimum Gasteiger partial charge on any atom is -0.469 e. The van der Waals surface area contributed by atoms with E-state index in [0.717, 1.165) is 0 Å². The first-order valence-corrected chi connectivity index (χ1v) is 5.36. The van der Waals surface area contributed by atoms with E-state index < -0.39 is 23.8 Å². The van der Waals surface area contributed by atoms with Gasteiger partial charge in [-0.15, -0.1) is 6.58 Å². The standard InChI is InChI=1S/C12H20O5/c1-6-7-9(8-10(13)15-5)16-11(14)17-12(2,3)4/h6,9H,1,7-8H2,2-5H3. The van der Waals surface area contributed by atoms with Crippen LogP contribution in [-0.2, 0) is 19.0 Å². The molecule has 5 heteroatoms. The molecule has 98 valence electrons. The van der Waals surface area contributed by atoms with E-state index in [0.29, 0.717) is 6.42 Å². The normalized spacial score (nSPS) is 12.5. The van der Waals surface area contributed by atoms with Crippen molar-refractivity contribution in [1.82, 2.24) is 0 Å². The second-order valence-electron chi connectivity index (χ2n) is 4.51. The van der Waals surface area contributed by atoms with Crippen molar-refractivity contribution >= 4 is 12.1 Å². The van der Waals surface area contributed by atoms with Gasteiger partial charge >= 0.3 is 12.1 Å². The van der Waals surface area contributed by atoms with Crippen molar-refractivity contribution in [2.24, 2.45) is 0 Å². The third-order valence-electron chi connectivity index (χ3n) is 1.70. The van der Waals surface area contributed by atoms with Gasteiger partial charge in [-0.25, -0.2) is 4.79 Å². The van der Waals surface area contributed by atoms with Crippen LogP contribution in [0, 0.1) is 0 Å². The molecule has 0 spiro atoms. The van der Waals surface area contributed by atoms with E-state index in [-0.39, 0.29) is 6.42 Å². The lowest BCUT2D eigenvalue weighted by Crippen LogP contribution is -2.28. The summed E-state index contributed by atoms with van der Waals surface area (Å²) in [5.41, 5.74) is -0.624. The SMILES string of the molecule is C=CCC(CC(=O)OC)OC(=O)OC(C)(C)C. The summed E-state index contributed by atoms with van der Waals surface area (Å²) in [6.07, 6.45) is 0.525. The highest BCUT2D eigenvalue weighted by Crippen LogP contribution is 2.12. The van der Waals surface area contributed by atoms with Gasteiger partial charge in [-0.3, -0.25) is 4.79 Å². The van der Waals surface area contributed by atoms with Gasteiger partial charge in [0.05, 0.1) is 13.5 Å². The number of carbonyl (C=O) groups excluding carboxylic acids is 2. The number of esters is 1. The molecular weight excluding hydrogens is 224 g/mol. The highest BCUT2D eigenvalue weighted by atomic mass is 16.7. The Morgan fingerprint density at radius 2 is 1.94 bits per heavy atom. The summed E-state index contributed by atoms with van der Waals surface area (Å²) in [4.78, 5) is 22.5. The van der Waals surface area contributed by atoms with Crippen LogP contribution in [0.15, 0.2) is 12.7 Å². The van der Waals surface area contributed by atoms with E-state index in [2.05, 4.69) is 11.3 Å². The van der Waals surface area contributed by atoms with Crippen molar-refractivity contribution in [2.45, 2.75) is 45.3 Å². The fourth-order valence-electron chi connectivity index (χ4n) is 1.04. The molecule has 0 rings (SSSR count). The summed E-state index contributed by atoms with van der Waals surface area (Å²) < 4.78 is 14.5. The molecule has 0 amide bonds.